The third-order valence-corrected chi connectivity index (χ3v) is 6.61. The number of anilines is 2. The first-order valence-corrected chi connectivity index (χ1v) is 12.3. The van der Waals surface area contributed by atoms with Crippen LogP contribution in [0.1, 0.15) is 52.3 Å². The molecule has 5 rings (SSSR count). The van der Waals surface area contributed by atoms with Crippen molar-refractivity contribution in [3.8, 4) is 0 Å². The van der Waals surface area contributed by atoms with Gasteiger partial charge in [-0.2, -0.15) is 13.2 Å². The quantitative estimate of drug-likeness (QED) is 0.249. The number of nitrogens with zero attached hydrogens (tertiary/aromatic N) is 5. The molecule has 1 atom stereocenters. The summed E-state index contributed by atoms with van der Waals surface area (Å²) in [5, 5.41) is 14.9. The first kappa shape index (κ1) is 24.8. The summed E-state index contributed by atoms with van der Waals surface area (Å²) in [5.41, 5.74) is -1.21. The molecular weight excluding hydrogens is 522 g/mol. The van der Waals surface area contributed by atoms with E-state index in [0.29, 0.717) is 29.0 Å². The fraction of sp³-hybridized carbons (Fsp3) is 0.385. The van der Waals surface area contributed by atoms with Crippen LogP contribution in [0.5, 0.6) is 0 Å². The third-order valence-electron chi connectivity index (χ3n) is 6.32. The third kappa shape index (κ3) is 5.11. The highest BCUT2D eigenvalue weighted by Crippen LogP contribution is 2.55. The maximum atomic E-state index is 13.8. The summed E-state index contributed by atoms with van der Waals surface area (Å²) in [6, 6.07) is 6.37. The Balaban J connectivity index is 1.59. The molecule has 1 saturated carbocycles. The molecular formula is C26H26ClF4N7. The van der Waals surface area contributed by atoms with Crippen molar-refractivity contribution in [2.75, 3.05) is 17.2 Å². The smallest absolute Gasteiger partial charge is 0.373 e. The minimum atomic E-state index is -4.52. The highest BCUT2D eigenvalue weighted by atomic mass is 35.5. The minimum Gasteiger partial charge on any atom is -0.373 e. The van der Waals surface area contributed by atoms with Crippen molar-refractivity contribution in [1.82, 2.24) is 25.0 Å². The molecule has 2 aromatic carbocycles. The van der Waals surface area contributed by atoms with E-state index in [9.17, 15) is 18.9 Å². The summed E-state index contributed by atoms with van der Waals surface area (Å²) in [7, 11) is 0. The van der Waals surface area contributed by atoms with Crippen LogP contribution in [0.2, 0.25) is 5.02 Å². The van der Waals surface area contributed by atoms with Crippen molar-refractivity contribution in [2.45, 2.75) is 51.3 Å². The van der Waals surface area contributed by atoms with Gasteiger partial charge in [0.25, 0.3) is 0 Å². The van der Waals surface area contributed by atoms with Crippen LogP contribution in [0.3, 0.4) is 0 Å². The lowest BCUT2D eigenvalue weighted by Crippen LogP contribution is -2.35. The van der Waals surface area contributed by atoms with Crippen LogP contribution in [0.25, 0.3) is 10.9 Å². The maximum Gasteiger partial charge on any atom is 0.413 e. The maximum absolute atomic E-state index is 13.8. The van der Waals surface area contributed by atoms with Crippen LogP contribution < -0.4 is 10.6 Å². The van der Waals surface area contributed by atoms with E-state index in [2.05, 4.69) is 51.7 Å². The number of nitrogens with one attached hydrogen (secondary N) is 2. The average molecular weight is 549 g/mol. The zero-order valence-corrected chi connectivity index (χ0v) is 21.6. The first-order valence-electron chi connectivity index (χ1n) is 12.4. The van der Waals surface area contributed by atoms with E-state index in [1.54, 1.807) is 12.1 Å². The van der Waals surface area contributed by atoms with E-state index in [0.717, 1.165) is 10.9 Å². The zero-order chi connectivity index (χ0) is 28.2. The van der Waals surface area contributed by atoms with Crippen LogP contribution in [-0.2, 0) is 5.54 Å². The molecule has 7 nitrogen and oxygen atoms in total. The van der Waals surface area contributed by atoms with Gasteiger partial charge >= 0.3 is 6.18 Å². The molecule has 0 unspecified atom stereocenters. The van der Waals surface area contributed by atoms with Gasteiger partial charge in [-0.25, -0.2) is 19.0 Å². The summed E-state index contributed by atoms with van der Waals surface area (Å²) in [6.07, 6.45) is -2.26. The van der Waals surface area contributed by atoms with Gasteiger partial charge in [0.2, 0.25) is 0 Å². The topological polar surface area (TPSA) is 80.5 Å². The monoisotopic (exact) mass is 548 g/mol. The number of hydrogen-bond donors (Lipinski definition) is 2. The van der Waals surface area contributed by atoms with Crippen molar-refractivity contribution in [1.29, 1.82) is 0 Å². The van der Waals surface area contributed by atoms with Crippen LogP contribution in [0, 0.1) is 11.2 Å². The van der Waals surface area contributed by atoms with Gasteiger partial charge in [0.15, 0.2) is 5.54 Å². The second-order valence-electron chi connectivity index (χ2n) is 10.6. The Morgan fingerprint density at radius 2 is 1.84 bits per heavy atom. The lowest BCUT2D eigenvalue weighted by atomic mass is 9.97. The predicted molar refractivity (Wildman–Crippen MR) is 138 cm³/mol. The molecule has 0 bridgehead atoms. The van der Waals surface area contributed by atoms with Crippen LogP contribution in [-0.4, -0.2) is 37.7 Å². The van der Waals surface area contributed by atoms with Crippen molar-refractivity contribution in [3.63, 3.8) is 0 Å². The summed E-state index contributed by atoms with van der Waals surface area (Å²) in [4.78, 5) is 8.62. The fourth-order valence-corrected chi connectivity index (χ4v) is 4.35. The van der Waals surface area contributed by atoms with Gasteiger partial charge in [-0.1, -0.05) is 49.7 Å². The molecule has 200 valence electrons. The van der Waals surface area contributed by atoms with E-state index in [1.165, 1.54) is 30.6 Å². The molecule has 38 heavy (non-hydrogen) atoms. The van der Waals surface area contributed by atoms with Gasteiger partial charge in [-0.15, -0.1) is 5.10 Å². The minimum absolute atomic E-state index is 0.0446. The molecule has 0 aliphatic heterocycles. The van der Waals surface area contributed by atoms with E-state index in [-0.39, 0.29) is 34.5 Å². The lowest BCUT2D eigenvalue weighted by Gasteiger charge is -2.21. The van der Waals surface area contributed by atoms with Crippen molar-refractivity contribution in [3.05, 3.63) is 71.0 Å². The Kier molecular flexibility index (Phi) is 6.13. The number of rotatable bonds is 7. The molecule has 2 aromatic heterocycles. The number of halogens is 5. The van der Waals surface area contributed by atoms with Crippen molar-refractivity contribution in [2.24, 2.45) is 5.41 Å². The van der Waals surface area contributed by atoms with E-state index in [4.69, 9.17) is 11.6 Å². The predicted octanol–water partition coefficient (Wildman–Crippen LogP) is 6.72. The molecule has 2 N–H and O–H groups in total. The Hall–Kier alpha value is -3.47. The number of aromatic nitrogens is 5. The molecule has 0 spiro atoms. The van der Waals surface area contributed by atoms with Gasteiger partial charge in [0.05, 0.1) is 24.1 Å². The Bertz CT molecular complexity index is 1510. The Morgan fingerprint density at radius 3 is 2.47 bits per heavy atom. The Morgan fingerprint density at radius 1 is 1.13 bits per heavy atom. The number of benzene rings is 2. The molecule has 1 aliphatic rings. The summed E-state index contributed by atoms with van der Waals surface area (Å²) in [5.74, 6) is 0.00357. The number of alkyl halides is 3. The van der Waals surface area contributed by atoms with Gasteiger partial charge < -0.3 is 10.6 Å². The van der Waals surface area contributed by atoms with Crippen LogP contribution in [0.4, 0.5) is 29.1 Å². The number of fused-ring (bicyclic) bond motifs is 1. The largest absolute Gasteiger partial charge is 0.413 e. The highest BCUT2D eigenvalue weighted by molar-refractivity contribution is 6.35. The molecule has 1 aliphatic carbocycles. The standard InChI is InChI=1S/C26H26ClF4N7/c1-24(2,3)13-32-23-18-10-17(11-19(27)22(18)33-14-34-23)35-21(15-4-6-16(28)7-5-15)20-12-38(37-36-20)25(8-9-25)26(29,30)31/h4-7,10-12,14,21,35H,8-9,13H2,1-3H3,(H,32,33,34)/t21-/m0/s1/i21D. The van der Waals surface area contributed by atoms with Gasteiger partial charge in [0.1, 0.15) is 23.7 Å². The van der Waals surface area contributed by atoms with Gasteiger partial charge in [0, 0.05) is 17.6 Å². The lowest BCUT2D eigenvalue weighted by molar-refractivity contribution is -0.182. The second kappa shape index (κ2) is 9.37. The van der Waals surface area contributed by atoms with Crippen LogP contribution in [0.15, 0.2) is 48.9 Å². The van der Waals surface area contributed by atoms with Crippen molar-refractivity contribution >= 4 is 34.0 Å². The molecule has 1 fully saturated rings. The van der Waals surface area contributed by atoms with Crippen LogP contribution >= 0.6 is 11.6 Å². The van der Waals surface area contributed by atoms with E-state index in [1.807, 2.05) is 0 Å². The summed E-state index contributed by atoms with van der Waals surface area (Å²) >= 11 is 6.56. The van der Waals surface area contributed by atoms with E-state index >= 15 is 0 Å². The van der Waals surface area contributed by atoms with E-state index < -0.39 is 23.6 Å². The normalized spacial score (nSPS) is 17.1. The SMILES string of the molecule is [2H][C@](Nc1cc(Cl)c2ncnc(NCC(C)(C)C)c2c1)(c1ccc(F)cc1)c1cn(C2(C(F)(F)F)CC2)nn1. The zero-order valence-electron chi connectivity index (χ0n) is 21.9. The highest BCUT2D eigenvalue weighted by Gasteiger charge is 2.66. The number of hydrogen-bond acceptors (Lipinski definition) is 6. The summed E-state index contributed by atoms with van der Waals surface area (Å²) in [6.45, 7) is 6.81. The van der Waals surface area contributed by atoms with Crippen molar-refractivity contribution < 1.29 is 18.9 Å². The molecule has 2 heterocycles. The average Bonchev–Trinajstić information content (AvgIpc) is 3.53. The molecule has 4 aromatic rings. The molecule has 0 radical (unpaired) electrons. The van der Waals surface area contributed by atoms with Gasteiger partial charge in [-0.3, -0.25) is 0 Å². The summed E-state index contributed by atoms with van der Waals surface area (Å²) < 4.78 is 65.1. The molecule has 12 heteroatoms. The second-order valence-corrected chi connectivity index (χ2v) is 11.0. The first-order chi connectivity index (χ1) is 18.2. The fourth-order valence-electron chi connectivity index (χ4n) is 4.08. The molecule has 0 saturated heterocycles. The Labute approximate surface area is 223 Å². The molecule has 0 amide bonds. The van der Waals surface area contributed by atoms with Gasteiger partial charge in [-0.05, 0) is 48.1 Å².